The van der Waals surface area contributed by atoms with E-state index in [-0.39, 0.29) is 24.2 Å². The fourth-order valence-electron chi connectivity index (χ4n) is 3.12. The summed E-state index contributed by atoms with van der Waals surface area (Å²) in [4.78, 5) is 14.3. The normalized spacial score (nSPS) is 28.9. The SMILES string of the molecule is C=CCN1CCC(NC(=O)NC2CCCCC2O)CC1. The van der Waals surface area contributed by atoms with E-state index in [4.69, 9.17) is 0 Å². The molecule has 5 nitrogen and oxygen atoms in total. The Bertz CT molecular complexity index is 327. The Balaban J connectivity index is 1.68. The average Bonchev–Trinajstić information content (AvgIpc) is 2.44. The molecule has 1 heterocycles. The number of piperidine rings is 1. The fourth-order valence-corrected chi connectivity index (χ4v) is 3.12. The van der Waals surface area contributed by atoms with Crippen molar-refractivity contribution >= 4 is 6.03 Å². The highest BCUT2D eigenvalue weighted by Crippen LogP contribution is 2.18. The molecule has 1 aliphatic heterocycles. The van der Waals surface area contributed by atoms with Crippen LogP contribution in [0.25, 0.3) is 0 Å². The third kappa shape index (κ3) is 4.49. The predicted molar refractivity (Wildman–Crippen MR) is 79.6 cm³/mol. The molecule has 1 saturated heterocycles. The Morgan fingerprint density at radius 3 is 2.55 bits per heavy atom. The first kappa shape index (κ1) is 15.3. The summed E-state index contributed by atoms with van der Waals surface area (Å²) in [6, 6.07) is 0.0412. The zero-order valence-corrected chi connectivity index (χ0v) is 12.2. The highest BCUT2D eigenvalue weighted by atomic mass is 16.3. The lowest BCUT2D eigenvalue weighted by molar-refractivity contribution is 0.0935. The van der Waals surface area contributed by atoms with Gasteiger partial charge in [-0.15, -0.1) is 6.58 Å². The van der Waals surface area contributed by atoms with Crippen molar-refractivity contribution < 1.29 is 9.90 Å². The van der Waals surface area contributed by atoms with Crippen molar-refractivity contribution in [2.75, 3.05) is 19.6 Å². The summed E-state index contributed by atoms with van der Waals surface area (Å²) in [5.74, 6) is 0. The predicted octanol–water partition coefficient (Wildman–Crippen LogP) is 1.24. The quantitative estimate of drug-likeness (QED) is 0.679. The van der Waals surface area contributed by atoms with E-state index in [0.29, 0.717) is 0 Å². The monoisotopic (exact) mass is 281 g/mol. The minimum absolute atomic E-state index is 0.0791. The second-order valence-electron chi connectivity index (χ2n) is 5.94. The van der Waals surface area contributed by atoms with E-state index in [1.807, 2.05) is 6.08 Å². The summed E-state index contributed by atoms with van der Waals surface area (Å²) in [6.45, 7) is 6.68. The molecular weight excluding hydrogens is 254 g/mol. The second-order valence-corrected chi connectivity index (χ2v) is 5.94. The lowest BCUT2D eigenvalue weighted by Gasteiger charge is -2.33. The van der Waals surface area contributed by atoms with E-state index < -0.39 is 0 Å². The standard InChI is InChI=1S/C15H27N3O2/c1-2-9-18-10-7-12(8-11-18)16-15(20)17-13-5-3-4-6-14(13)19/h2,12-14,19H,1,3-11H2,(H2,16,17,20). The number of rotatable bonds is 4. The Labute approximate surface area is 121 Å². The Morgan fingerprint density at radius 1 is 1.20 bits per heavy atom. The van der Waals surface area contributed by atoms with Crippen LogP contribution >= 0.6 is 0 Å². The maximum absolute atomic E-state index is 12.0. The van der Waals surface area contributed by atoms with Gasteiger partial charge in [-0.2, -0.15) is 0 Å². The third-order valence-electron chi connectivity index (χ3n) is 4.36. The molecule has 0 spiro atoms. The van der Waals surface area contributed by atoms with Gasteiger partial charge in [0.15, 0.2) is 0 Å². The topological polar surface area (TPSA) is 64.6 Å². The van der Waals surface area contributed by atoms with E-state index >= 15 is 0 Å². The van der Waals surface area contributed by atoms with Gasteiger partial charge in [0, 0.05) is 25.7 Å². The smallest absolute Gasteiger partial charge is 0.315 e. The van der Waals surface area contributed by atoms with E-state index in [2.05, 4.69) is 22.1 Å². The Hall–Kier alpha value is -1.07. The van der Waals surface area contributed by atoms with Gasteiger partial charge in [-0.05, 0) is 25.7 Å². The number of hydrogen-bond donors (Lipinski definition) is 3. The lowest BCUT2D eigenvalue weighted by atomic mass is 9.93. The minimum Gasteiger partial charge on any atom is -0.391 e. The molecule has 3 N–H and O–H groups in total. The number of urea groups is 1. The highest BCUT2D eigenvalue weighted by molar-refractivity contribution is 5.74. The molecule has 114 valence electrons. The molecule has 0 aromatic rings. The number of aliphatic hydroxyl groups excluding tert-OH is 1. The maximum atomic E-state index is 12.0. The molecular formula is C15H27N3O2. The number of hydrogen-bond acceptors (Lipinski definition) is 3. The molecule has 5 heteroatoms. The van der Waals surface area contributed by atoms with Gasteiger partial charge in [0.1, 0.15) is 0 Å². The van der Waals surface area contributed by atoms with Crippen LogP contribution in [-0.2, 0) is 0 Å². The van der Waals surface area contributed by atoms with Crippen molar-refractivity contribution in [2.45, 2.75) is 56.7 Å². The summed E-state index contributed by atoms with van der Waals surface area (Å²) in [5, 5.41) is 15.8. The van der Waals surface area contributed by atoms with Gasteiger partial charge in [-0.3, -0.25) is 4.90 Å². The molecule has 2 amide bonds. The number of likely N-dealkylation sites (tertiary alicyclic amines) is 1. The van der Waals surface area contributed by atoms with Gasteiger partial charge >= 0.3 is 6.03 Å². The largest absolute Gasteiger partial charge is 0.391 e. The summed E-state index contributed by atoms with van der Waals surface area (Å²) >= 11 is 0. The molecule has 2 fully saturated rings. The van der Waals surface area contributed by atoms with Crippen LogP contribution in [-0.4, -0.2) is 53.9 Å². The first-order chi connectivity index (χ1) is 9.69. The second kappa shape index (κ2) is 7.64. The van der Waals surface area contributed by atoms with Crippen molar-refractivity contribution in [2.24, 2.45) is 0 Å². The molecule has 0 aromatic heterocycles. The number of aliphatic hydroxyl groups is 1. The zero-order valence-electron chi connectivity index (χ0n) is 12.2. The van der Waals surface area contributed by atoms with Gasteiger partial charge in [-0.1, -0.05) is 18.9 Å². The molecule has 1 saturated carbocycles. The maximum Gasteiger partial charge on any atom is 0.315 e. The average molecular weight is 281 g/mol. The molecule has 0 aromatic carbocycles. The molecule has 2 atom stereocenters. The summed E-state index contributed by atoms with van der Waals surface area (Å²) in [5.41, 5.74) is 0. The van der Waals surface area contributed by atoms with Crippen molar-refractivity contribution in [3.05, 3.63) is 12.7 Å². The van der Waals surface area contributed by atoms with Crippen LogP contribution in [0.5, 0.6) is 0 Å². The molecule has 0 radical (unpaired) electrons. The number of carbonyl (C=O) groups is 1. The number of amides is 2. The number of carbonyl (C=O) groups excluding carboxylic acids is 1. The summed E-state index contributed by atoms with van der Waals surface area (Å²) < 4.78 is 0. The van der Waals surface area contributed by atoms with Crippen LogP contribution in [0, 0.1) is 0 Å². The molecule has 2 unspecified atom stereocenters. The van der Waals surface area contributed by atoms with Crippen molar-refractivity contribution in [1.29, 1.82) is 0 Å². The van der Waals surface area contributed by atoms with Crippen LogP contribution < -0.4 is 10.6 Å². The van der Waals surface area contributed by atoms with E-state index in [1.54, 1.807) is 0 Å². The van der Waals surface area contributed by atoms with Gasteiger partial charge in [0.25, 0.3) is 0 Å². The van der Waals surface area contributed by atoms with Crippen LogP contribution in [0.15, 0.2) is 12.7 Å². The van der Waals surface area contributed by atoms with E-state index in [1.165, 1.54) is 0 Å². The molecule has 1 aliphatic carbocycles. The highest BCUT2D eigenvalue weighted by Gasteiger charge is 2.26. The Morgan fingerprint density at radius 2 is 1.90 bits per heavy atom. The van der Waals surface area contributed by atoms with Crippen molar-refractivity contribution in [3.63, 3.8) is 0 Å². The van der Waals surface area contributed by atoms with Crippen molar-refractivity contribution in [3.8, 4) is 0 Å². The molecule has 20 heavy (non-hydrogen) atoms. The first-order valence-corrected chi connectivity index (χ1v) is 7.77. The number of nitrogens with one attached hydrogen (secondary N) is 2. The van der Waals surface area contributed by atoms with Gasteiger partial charge in [0.2, 0.25) is 0 Å². The van der Waals surface area contributed by atoms with Crippen LogP contribution in [0.1, 0.15) is 38.5 Å². The van der Waals surface area contributed by atoms with Crippen LogP contribution in [0.2, 0.25) is 0 Å². The first-order valence-electron chi connectivity index (χ1n) is 7.77. The van der Waals surface area contributed by atoms with E-state index in [9.17, 15) is 9.90 Å². The molecule has 2 rings (SSSR count). The summed E-state index contributed by atoms with van der Waals surface area (Å²) in [7, 11) is 0. The Kier molecular flexibility index (Phi) is 5.86. The van der Waals surface area contributed by atoms with Crippen LogP contribution in [0.3, 0.4) is 0 Å². The van der Waals surface area contributed by atoms with Gasteiger partial charge in [0.05, 0.1) is 12.1 Å². The van der Waals surface area contributed by atoms with Crippen molar-refractivity contribution in [1.82, 2.24) is 15.5 Å². The third-order valence-corrected chi connectivity index (χ3v) is 4.36. The van der Waals surface area contributed by atoms with Gasteiger partial charge < -0.3 is 15.7 Å². The van der Waals surface area contributed by atoms with Gasteiger partial charge in [-0.25, -0.2) is 4.79 Å². The van der Waals surface area contributed by atoms with Crippen LogP contribution in [0.4, 0.5) is 4.79 Å². The summed E-state index contributed by atoms with van der Waals surface area (Å²) in [6.07, 6.45) is 7.32. The lowest BCUT2D eigenvalue weighted by Crippen LogP contribution is -2.53. The van der Waals surface area contributed by atoms with E-state index in [0.717, 1.165) is 58.2 Å². The zero-order chi connectivity index (χ0) is 14.4. The molecule has 2 aliphatic rings. The number of nitrogens with zero attached hydrogens (tertiary/aromatic N) is 1. The fraction of sp³-hybridized carbons (Fsp3) is 0.800. The molecule has 0 bridgehead atoms. The minimum atomic E-state index is -0.385.